The van der Waals surface area contributed by atoms with Crippen molar-refractivity contribution >= 4 is 57.7 Å². The summed E-state index contributed by atoms with van der Waals surface area (Å²) in [6.07, 6.45) is 1.71. The fourth-order valence-corrected chi connectivity index (χ4v) is 4.50. The van der Waals surface area contributed by atoms with E-state index in [-0.39, 0.29) is 12.5 Å². The Kier molecular flexibility index (Phi) is 7.01. The number of pyridine rings is 1. The Morgan fingerprint density at radius 3 is 2.47 bits per heavy atom. The first-order valence-electron chi connectivity index (χ1n) is 9.21. The third-order valence-corrected chi connectivity index (χ3v) is 5.34. The molecule has 0 atom stereocenters. The summed E-state index contributed by atoms with van der Waals surface area (Å²) in [5.41, 5.74) is 0.862. The smallest absolute Gasteiger partial charge is 0.327 e. The average Bonchev–Trinajstić information content (AvgIpc) is 2.64. The molecule has 0 aliphatic carbocycles. The van der Waals surface area contributed by atoms with Crippen molar-refractivity contribution in [1.82, 2.24) is 4.98 Å². The number of hydrogen-bond acceptors (Lipinski definition) is 6. The third-order valence-electron chi connectivity index (χ3n) is 3.91. The van der Waals surface area contributed by atoms with Crippen molar-refractivity contribution in [2.24, 2.45) is 0 Å². The van der Waals surface area contributed by atoms with Crippen molar-refractivity contribution in [3.8, 4) is 5.75 Å². The fourth-order valence-electron chi connectivity index (χ4n) is 2.82. The molecule has 0 N–H and O–H groups in total. The van der Waals surface area contributed by atoms with Gasteiger partial charge in [0, 0.05) is 32.6 Å². The number of carbonyl (C=O) groups excluding carboxylic acids is 1. The number of ether oxygens (including phenoxy) is 2. The second-order valence-electron chi connectivity index (χ2n) is 7.54. The minimum atomic E-state index is -0.596. The Morgan fingerprint density at radius 2 is 1.83 bits per heavy atom. The fraction of sp³-hybridized carbons (Fsp3) is 0.273. The number of rotatable bonds is 6. The van der Waals surface area contributed by atoms with E-state index in [0.29, 0.717) is 15.8 Å². The molecule has 1 aromatic heterocycles. The summed E-state index contributed by atoms with van der Waals surface area (Å²) in [5.74, 6) is 0.291. The Morgan fingerprint density at radius 1 is 1.13 bits per heavy atom. The van der Waals surface area contributed by atoms with E-state index in [0.717, 1.165) is 21.5 Å². The molecule has 0 amide bonds. The van der Waals surface area contributed by atoms with Crippen LogP contribution in [0, 0.1) is 0 Å². The monoisotopic (exact) mass is 464 g/mol. The maximum Gasteiger partial charge on any atom is 0.327 e. The molecule has 0 radical (unpaired) electrons. The molecular weight excluding hydrogens is 443 g/mol. The van der Waals surface area contributed by atoms with Crippen LogP contribution in [0.1, 0.15) is 20.8 Å². The van der Waals surface area contributed by atoms with Gasteiger partial charge in [-0.1, -0.05) is 29.3 Å². The van der Waals surface area contributed by atoms with Crippen molar-refractivity contribution in [2.45, 2.75) is 31.3 Å². The van der Waals surface area contributed by atoms with E-state index in [1.54, 1.807) is 31.5 Å². The lowest BCUT2D eigenvalue weighted by Gasteiger charge is -2.26. The highest BCUT2D eigenvalue weighted by atomic mass is 35.5. The molecule has 3 rings (SSSR count). The van der Waals surface area contributed by atoms with Crippen LogP contribution in [0.3, 0.4) is 0 Å². The lowest BCUT2D eigenvalue weighted by Crippen LogP contribution is -2.31. The van der Waals surface area contributed by atoms with Crippen molar-refractivity contribution in [2.75, 3.05) is 18.0 Å². The molecule has 158 valence electrons. The van der Waals surface area contributed by atoms with Gasteiger partial charge in [-0.3, -0.25) is 14.1 Å². The molecule has 0 saturated carbocycles. The van der Waals surface area contributed by atoms with Crippen LogP contribution in [-0.2, 0) is 9.53 Å². The second-order valence-corrected chi connectivity index (χ2v) is 9.51. The summed E-state index contributed by atoms with van der Waals surface area (Å²) in [7, 11) is 1.60. The van der Waals surface area contributed by atoms with E-state index in [9.17, 15) is 4.79 Å². The van der Waals surface area contributed by atoms with Gasteiger partial charge in [-0.25, -0.2) is 0 Å². The SMILES string of the molecule is COc1cc(N(CC(=O)OC(C)(C)C)Sc2cc(Cl)cc(Cl)c2)c2ncccc2c1. The summed E-state index contributed by atoms with van der Waals surface area (Å²) in [4.78, 5) is 18.0. The number of anilines is 1. The van der Waals surface area contributed by atoms with E-state index in [2.05, 4.69) is 4.98 Å². The van der Waals surface area contributed by atoms with Gasteiger partial charge < -0.3 is 9.47 Å². The van der Waals surface area contributed by atoms with Gasteiger partial charge in [0.1, 0.15) is 17.9 Å². The summed E-state index contributed by atoms with van der Waals surface area (Å²) >= 11 is 13.7. The number of benzene rings is 2. The first-order valence-corrected chi connectivity index (χ1v) is 10.7. The summed E-state index contributed by atoms with van der Waals surface area (Å²) in [5, 5.41) is 1.91. The molecule has 0 aliphatic heterocycles. The first-order chi connectivity index (χ1) is 14.1. The lowest BCUT2D eigenvalue weighted by atomic mass is 10.1. The predicted octanol–water partition coefficient (Wildman–Crippen LogP) is 6.41. The van der Waals surface area contributed by atoms with Crippen LogP contribution in [0.5, 0.6) is 5.75 Å². The van der Waals surface area contributed by atoms with Gasteiger partial charge in [0.15, 0.2) is 0 Å². The van der Waals surface area contributed by atoms with Crippen LogP contribution in [0.15, 0.2) is 53.6 Å². The van der Waals surface area contributed by atoms with E-state index in [4.69, 9.17) is 32.7 Å². The molecule has 0 spiro atoms. The number of esters is 1. The van der Waals surface area contributed by atoms with Gasteiger partial charge in [-0.2, -0.15) is 0 Å². The topological polar surface area (TPSA) is 51.7 Å². The molecule has 2 aromatic carbocycles. The van der Waals surface area contributed by atoms with Crippen molar-refractivity contribution in [3.63, 3.8) is 0 Å². The van der Waals surface area contributed by atoms with Crippen LogP contribution in [0.25, 0.3) is 10.9 Å². The molecule has 8 heteroatoms. The molecule has 0 unspecified atom stereocenters. The number of nitrogens with zero attached hydrogens (tertiary/aromatic N) is 2. The van der Waals surface area contributed by atoms with Crippen molar-refractivity contribution in [1.29, 1.82) is 0 Å². The highest BCUT2D eigenvalue weighted by Gasteiger charge is 2.23. The highest BCUT2D eigenvalue weighted by Crippen LogP contribution is 2.38. The Balaban J connectivity index is 2.06. The van der Waals surface area contributed by atoms with Gasteiger partial charge in [0.2, 0.25) is 0 Å². The third kappa shape index (κ3) is 5.94. The first kappa shape index (κ1) is 22.5. The molecule has 1 heterocycles. The maximum absolute atomic E-state index is 12.7. The highest BCUT2D eigenvalue weighted by molar-refractivity contribution is 8.00. The van der Waals surface area contributed by atoms with Crippen LogP contribution in [0.4, 0.5) is 5.69 Å². The zero-order valence-corrected chi connectivity index (χ0v) is 19.4. The van der Waals surface area contributed by atoms with Crippen LogP contribution >= 0.6 is 35.1 Å². The number of methoxy groups -OCH3 is 1. The standard InChI is InChI=1S/C22H22Cl2N2O3S/c1-22(2,3)29-20(27)13-26(30-18-10-15(23)9-16(24)11-18)19-12-17(28-4)8-14-6-5-7-25-21(14)19/h5-12H,13H2,1-4H3. The quantitative estimate of drug-likeness (QED) is 0.310. The second kappa shape index (κ2) is 9.33. The van der Waals surface area contributed by atoms with Gasteiger partial charge in [0.05, 0.1) is 18.3 Å². The minimum absolute atomic E-state index is 0.00902. The van der Waals surface area contributed by atoms with E-state index in [1.165, 1.54) is 11.9 Å². The van der Waals surface area contributed by atoms with E-state index >= 15 is 0 Å². The van der Waals surface area contributed by atoms with Gasteiger partial charge in [-0.15, -0.1) is 0 Å². The zero-order valence-electron chi connectivity index (χ0n) is 17.1. The van der Waals surface area contributed by atoms with Gasteiger partial charge >= 0.3 is 5.97 Å². The summed E-state index contributed by atoms with van der Waals surface area (Å²) in [6, 6.07) is 12.8. The average molecular weight is 465 g/mol. The number of halogens is 2. The Hall–Kier alpha value is -2.15. The maximum atomic E-state index is 12.7. The molecule has 5 nitrogen and oxygen atoms in total. The van der Waals surface area contributed by atoms with Crippen LogP contribution in [-0.4, -0.2) is 30.2 Å². The van der Waals surface area contributed by atoms with Crippen LogP contribution in [0.2, 0.25) is 10.0 Å². The molecule has 30 heavy (non-hydrogen) atoms. The molecule has 0 fully saturated rings. The predicted molar refractivity (Wildman–Crippen MR) is 124 cm³/mol. The lowest BCUT2D eigenvalue weighted by molar-refractivity contribution is -0.152. The van der Waals surface area contributed by atoms with Crippen LogP contribution < -0.4 is 9.04 Å². The molecule has 0 aliphatic rings. The van der Waals surface area contributed by atoms with Gasteiger partial charge in [-0.05, 0) is 63.1 Å². The number of carbonyl (C=O) groups is 1. The molecule has 3 aromatic rings. The number of fused-ring (bicyclic) bond motifs is 1. The van der Waals surface area contributed by atoms with E-state index < -0.39 is 5.60 Å². The Bertz CT molecular complexity index is 1050. The van der Waals surface area contributed by atoms with Crippen molar-refractivity contribution < 1.29 is 14.3 Å². The van der Waals surface area contributed by atoms with Gasteiger partial charge in [0.25, 0.3) is 0 Å². The normalized spacial score (nSPS) is 11.4. The molecule has 0 bridgehead atoms. The summed E-state index contributed by atoms with van der Waals surface area (Å²) in [6.45, 7) is 5.50. The van der Waals surface area contributed by atoms with E-state index in [1.807, 2.05) is 49.3 Å². The zero-order chi connectivity index (χ0) is 21.9. The number of aromatic nitrogens is 1. The van der Waals surface area contributed by atoms with Crippen molar-refractivity contribution in [3.05, 3.63) is 58.7 Å². The molecular formula is C22H22Cl2N2O3S. The number of hydrogen-bond donors (Lipinski definition) is 0. The summed E-state index contributed by atoms with van der Waals surface area (Å²) < 4.78 is 12.8. The largest absolute Gasteiger partial charge is 0.497 e. The minimum Gasteiger partial charge on any atom is -0.497 e. The Labute approximate surface area is 190 Å². The molecule has 0 saturated heterocycles.